The fourth-order valence-electron chi connectivity index (χ4n) is 9.82. The van der Waals surface area contributed by atoms with E-state index < -0.39 is 167 Å². The van der Waals surface area contributed by atoms with E-state index >= 15 is 0 Å². The van der Waals surface area contributed by atoms with Crippen LogP contribution < -0.4 is 26.6 Å². The lowest BCUT2D eigenvalue weighted by Gasteiger charge is -2.50. The molecule has 1 aliphatic carbocycles. The largest absolute Gasteiger partial charge is 0.465 e. The third-order valence-corrected chi connectivity index (χ3v) is 13.7. The summed E-state index contributed by atoms with van der Waals surface area (Å²) in [5.41, 5.74) is -7.00. The molecule has 1 aromatic carbocycles. The molecule has 1 saturated carbocycles. The second-order valence-electron chi connectivity index (χ2n) is 26.6. The van der Waals surface area contributed by atoms with Crippen molar-refractivity contribution in [3.63, 3.8) is 0 Å². The van der Waals surface area contributed by atoms with Crippen molar-refractivity contribution in [2.24, 2.45) is 0 Å². The average molecular weight is 1260 g/mol. The van der Waals surface area contributed by atoms with Gasteiger partial charge in [-0.1, -0.05) is 0 Å². The number of carbonyl (C=O) groups excluding carboxylic acids is 7. The number of carbonyl (C=O) groups is 7. The normalized spacial score (nSPS) is 27.6. The summed E-state index contributed by atoms with van der Waals surface area (Å²) in [4.78, 5) is 108. The highest BCUT2D eigenvalue weighted by atomic mass is 16.7. The molecule has 13 atom stereocenters. The van der Waals surface area contributed by atoms with Crippen LogP contribution in [-0.4, -0.2) is 218 Å². The van der Waals surface area contributed by atoms with Gasteiger partial charge in [0.1, 0.15) is 82.7 Å². The first-order valence-corrected chi connectivity index (χ1v) is 28.8. The molecule has 31 heteroatoms. The Balaban J connectivity index is 1.55. The molecule has 31 nitrogen and oxygen atoms in total. The van der Waals surface area contributed by atoms with Crippen molar-refractivity contribution in [2.45, 2.75) is 237 Å². The van der Waals surface area contributed by atoms with Crippen molar-refractivity contribution in [1.29, 1.82) is 0 Å². The second-order valence-corrected chi connectivity index (χ2v) is 26.6. The molecule has 3 aliphatic heterocycles. The maximum atomic E-state index is 14.6. The van der Waals surface area contributed by atoms with Gasteiger partial charge in [0.2, 0.25) is 18.1 Å². The fourth-order valence-corrected chi connectivity index (χ4v) is 9.82. The van der Waals surface area contributed by atoms with Crippen molar-refractivity contribution in [3.05, 3.63) is 51.8 Å². The van der Waals surface area contributed by atoms with Gasteiger partial charge in [0.05, 0.1) is 48.8 Å². The lowest BCUT2D eigenvalue weighted by atomic mass is 9.82. The third-order valence-electron chi connectivity index (χ3n) is 13.7. The number of rotatable bonds is 18. The summed E-state index contributed by atoms with van der Waals surface area (Å²) >= 11 is 0. The number of aliphatic hydroxyl groups is 4. The number of nitrogens with zero attached hydrogens (tertiary/aromatic N) is 3. The first kappa shape index (κ1) is 71.9. The summed E-state index contributed by atoms with van der Waals surface area (Å²) < 4.78 is 58.8. The first-order valence-electron chi connectivity index (χ1n) is 28.8. The van der Waals surface area contributed by atoms with Gasteiger partial charge in [0.15, 0.2) is 6.29 Å². The molecule has 5 rings (SSSR count). The van der Waals surface area contributed by atoms with E-state index in [9.17, 15) is 64.1 Å². The highest BCUT2D eigenvalue weighted by Crippen LogP contribution is 2.36. The third kappa shape index (κ3) is 20.9. The smallest absolute Gasteiger partial charge is 0.413 e. The molecule has 1 unspecified atom stereocenters. The number of hydrogen-bond acceptors (Lipinski definition) is 23. The summed E-state index contributed by atoms with van der Waals surface area (Å²) in [6.07, 6.45) is -17.0. The summed E-state index contributed by atoms with van der Waals surface area (Å²) in [5.74, 6) is -1.82. The SMILES string of the molecule is CN(C(=O)OC(C)(C)C)[C@@H]1[C@@H](O)[C@@H](O[C@@H]2[C@@H](O)[C@H](O[C@H]3OC(CNC(=O)OCc4ccc([N+](=O)[O-])cc4)=CC[C@H]3NC(=O)C3COC(C)(C)N3C(=O)OC(C)(C)C)[C@@H](NC(=O)OC(C)(C)C)C[C@H]2NC(=O)[C@@H](O)CCNC(=O)OC(C)(C)C)OC[C@]1(C)O. The van der Waals surface area contributed by atoms with Crippen LogP contribution in [0.1, 0.15) is 129 Å². The molecule has 88 heavy (non-hydrogen) atoms. The standard InChI is InChI=1S/C57H90N8O23/c1-52(2,3)85-48(72)58-24-23-37(66)44(70)61-34-25-35(62-49(73)86-53(4,5)6)41(38(67)40(34)84-46-39(68)42(57(15,76)29-80-46)63(16)50(74)87-54(7,8)9)83-45-33(60-43(69)36-28-81-56(13,14)64(36)51(75)88-55(10,11)12)22-21-32(82-45)26-59-47(71)79-27-30-17-19-31(20-18-30)65(77)78/h17-21,33-42,45-46,66-68,76H,22-29H2,1-16H3,(H,58,72)(H,59,71)(H,60,69)(H,61,70)(H,62,73)/t33-,34-,35+,36?,37+,38-,39-,40+,41-,42-,45-,46-,57+/m1/s1. The van der Waals surface area contributed by atoms with E-state index in [0.717, 1.165) is 9.80 Å². The first-order chi connectivity index (χ1) is 40.4. The minimum absolute atomic E-state index is 0.0180. The van der Waals surface area contributed by atoms with Gasteiger partial charge in [-0.25, -0.2) is 24.0 Å². The highest BCUT2D eigenvalue weighted by Gasteiger charge is 2.56. The van der Waals surface area contributed by atoms with Crippen LogP contribution in [0.25, 0.3) is 0 Å². The zero-order valence-corrected chi connectivity index (χ0v) is 52.9. The molecule has 0 aromatic heterocycles. The number of likely N-dealkylation sites (N-methyl/N-ethyl adjacent to an activating group) is 1. The highest BCUT2D eigenvalue weighted by molar-refractivity contribution is 5.87. The van der Waals surface area contributed by atoms with Crippen LogP contribution in [0.3, 0.4) is 0 Å². The van der Waals surface area contributed by atoms with E-state index in [1.807, 2.05) is 0 Å². The number of nitro benzene ring substituents is 1. The minimum Gasteiger partial charge on any atom is -0.465 e. The molecule has 496 valence electrons. The molecule has 0 radical (unpaired) electrons. The number of alkyl carbamates (subject to hydrolysis) is 3. The Morgan fingerprint density at radius 1 is 0.761 bits per heavy atom. The zero-order valence-electron chi connectivity index (χ0n) is 52.9. The number of aliphatic hydroxyl groups excluding tert-OH is 3. The molecule has 3 fully saturated rings. The number of hydrogen-bond donors (Lipinski definition) is 9. The predicted molar refractivity (Wildman–Crippen MR) is 307 cm³/mol. The lowest BCUT2D eigenvalue weighted by molar-refractivity contribution is -0.384. The molecule has 4 aliphatic rings. The number of nitrogens with one attached hydrogen (secondary N) is 5. The van der Waals surface area contributed by atoms with Gasteiger partial charge >= 0.3 is 30.5 Å². The van der Waals surface area contributed by atoms with E-state index in [0.29, 0.717) is 5.56 Å². The van der Waals surface area contributed by atoms with Crippen molar-refractivity contribution in [1.82, 2.24) is 36.4 Å². The lowest BCUT2D eigenvalue weighted by Crippen LogP contribution is -2.71. The summed E-state index contributed by atoms with van der Waals surface area (Å²) in [5, 5.41) is 72.1. The minimum atomic E-state index is -2.07. The molecule has 2 saturated heterocycles. The number of benzene rings is 1. The Labute approximate surface area is 511 Å². The van der Waals surface area contributed by atoms with Crippen LogP contribution in [0.15, 0.2) is 36.1 Å². The molecular formula is C57H90N8O23. The number of amides is 7. The van der Waals surface area contributed by atoms with E-state index in [1.54, 1.807) is 96.9 Å². The maximum absolute atomic E-state index is 14.6. The van der Waals surface area contributed by atoms with Crippen molar-refractivity contribution in [3.8, 4) is 0 Å². The van der Waals surface area contributed by atoms with Crippen LogP contribution in [0.5, 0.6) is 0 Å². The number of nitro groups is 1. The summed E-state index contributed by atoms with van der Waals surface area (Å²) in [7, 11) is 1.27. The molecule has 9 N–H and O–H groups in total. The van der Waals surface area contributed by atoms with Crippen LogP contribution in [0.2, 0.25) is 0 Å². The molecular weight excluding hydrogens is 1160 g/mol. The van der Waals surface area contributed by atoms with Gasteiger partial charge in [0.25, 0.3) is 5.69 Å². The fraction of sp³-hybridized carbons (Fsp3) is 0.737. The molecule has 1 aromatic rings. The Morgan fingerprint density at radius 2 is 1.33 bits per heavy atom. The molecule has 0 bridgehead atoms. The van der Waals surface area contributed by atoms with Crippen molar-refractivity contribution in [2.75, 3.05) is 33.4 Å². The van der Waals surface area contributed by atoms with E-state index in [1.165, 1.54) is 44.3 Å². The molecule has 7 amide bonds. The molecule has 3 heterocycles. The Kier molecular flexibility index (Phi) is 23.5. The van der Waals surface area contributed by atoms with Gasteiger partial charge in [-0.15, -0.1) is 0 Å². The molecule has 0 spiro atoms. The number of non-ortho nitro benzene ring substituents is 1. The topological polar surface area (TPSA) is 402 Å². The van der Waals surface area contributed by atoms with Crippen molar-refractivity contribution >= 4 is 48.0 Å². The van der Waals surface area contributed by atoms with Gasteiger partial charge in [0, 0.05) is 25.7 Å². The maximum Gasteiger partial charge on any atom is 0.413 e. The predicted octanol–water partition coefficient (Wildman–Crippen LogP) is 3.20. The van der Waals surface area contributed by atoms with Gasteiger partial charge in [-0.2, -0.15) is 0 Å². The van der Waals surface area contributed by atoms with Crippen LogP contribution in [0, 0.1) is 10.1 Å². The van der Waals surface area contributed by atoms with Crippen LogP contribution in [-0.2, 0) is 63.6 Å². The summed E-state index contributed by atoms with van der Waals surface area (Å²) in [6.45, 7) is 22.1. The Bertz CT molecular complexity index is 2670. The van der Waals surface area contributed by atoms with E-state index in [-0.39, 0.29) is 50.6 Å². The van der Waals surface area contributed by atoms with Crippen LogP contribution >= 0.6 is 0 Å². The quantitative estimate of drug-likeness (QED) is 0.0579. The monoisotopic (exact) mass is 1250 g/mol. The van der Waals surface area contributed by atoms with Crippen molar-refractivity contribution < 1.29 is 106 Å². The van der Waals surface area contributed by atoms with E-state index in [4.69, 9.17) is 47.4 Å². The van der Waals surface area contributed by atoms with Gasteiger partial charge in [-0.05, 0) is 147 Å². The van der Waals surface area contributed by atoms with Crippen LogP contribution in [0.4, 0.5) is 29.7 Å². The van der Waals surface area contributed by atoms with E-state index in [2.05, 4.69) is 26.6 Å². The zero-order chi connectivity index (χ0) is 66.2. The Hall–Kier alpha value is -6.87. The summed E-state index contributed by atoms with van der Waals surface area (Å²) in [6, 6.07) is -1.64. The average Bonchev–Trinajstić information content (AvgIpc) is 1.22. The second kappa shape index (κ2) is 28.7. The number of ether oxygens (including phenoxy) is 10. The van der Waals surface area contributed by atoms with Gasteiger partial charge < -0.3 is 99.3 Å². The Morgan fingerprint density at radius 3 is 1.91 bits per heavy atom. The van der Waals surface area contributed by atoms with Gasteiger partial charge in [-0.3, -0.25) is 24.6 Å².